The zero-order valence-electron chi connectivity index (χ0n) is 17.7. The van der Waals surface area contributed by atoms with Crippen LogP contribution in [0.25, 0.3) is 6.08 Å². The highest BCUT2D eigenvalue weighted by Crippen LogP contribution is 2.39. The lowest BCUT2D eigenvalue weighted by Gasteiger charge is -2.11. The largest absolute Gasteiger partial charge is 0.449 e. The zero-order chi connectivity index (χ0) is 25.6. The van der Waals surface area contributed by atoms with Crippen molar-refractivity contribution < 1.29 is 27.6 Å². The smallest absolute Gasteiger partial charge is 0.416 e. The number of carbonyl (C=O) groups is 1. The third kappa shape index (κ3) is 6.59. The zero-order valence-corrected chi connectivity index (χ0v) is 18.4. The van der Waals surface area contributed by atoms with Gasteiger partial charge in [-0.15, -0.1) is 0 Å². The van der Waals surface area contributed by atoms with E-state index in [1.807, 2.05) is 30.3 Å². The second-order valence-electron chi connectivity index (χ2n) is 7.07. The number of hydrogen-bond acceptors (Lipinski definition) is 5. The van der Waals surface area contributed by atoms with Gasteiger partial charge < -0.3 is 10.1 Å². The first-order valence-electron chi connectivity index (χ1n) is 9.85. The molecule has 1 amide bonds. The summed E-state index contributed by atoms with van der Waals surface area (Å²) in [6.45, 7) is 0.220. The van der Waals surface area contributed by atoms with Gasteiger partial charge in [0.2, 0.25) is 5.75 Å². The first-order chi connectivity index (χ1) is 16.6. The molecule has 35 heavy (non-hydrogen) atoms. The molecule has 0 aliphatic rings. The SMILES string of the molecule is N#C/C(=C/c1ccc(Oc2ccc(C(F)(F)F)cc2[N+](=O)[O-])c(Cl)c1)C(=O)NCc1ccccc1. The number of nitrogens with zero attached hydrogens (tertiary/aromatic N) is 2. The Hall–Kier alpha value is -4.36. The molecule has 0 aliphatic carbocycles. The molecule has 0 spiro atoms. The average Bonchev–Trinajstić information content (AvgIpc) is 2.82. The number of halogens is 4. The van der Waals surface area contributed by atoms with Crippen molar-refractivity contribution in [3.05, 3.63) is 104 Å². The molecule has 7 nitrogen and oxygen atoms in total. The number of nitriles is 1. The van der Waals surface area contributed by atoms with E-state index in [9.17, 15) is 33.3 Å². The van der Waals surface area contributed by atoms with Crippen molar-refractivity contribution in [2.75, 3.05) is 0 Å². The summed E-state index contributed by atoms with van der Waals surface area (Å²) in [5, 5.41) is 23.2. The van der Waals surface area contributed by atoms with Gasteiger partial charge in [-0.25, -0.2) is 0 Å². The van der Waals surface area contributed by atoms with Crippen LogP contribution in [-0.2, 0) is 17.5 Å². The predicted octanol–water partition coefficient (Wildman–Crippen LogP) is 6.28. The van der Waals surface area contributed by atoms with Crippen LogP contribution >= 0.6 is 11.6 Å². The molecule has 0 aromatic heterocycles. The van der Waals surface area contributed by atoms with E-state index in [1.165, 1.54) is 24.3 Å². The van der Waals surface area contributed by atoms with E-state index in [1.54, 1.807) is 6.07 Å². The van der Waals surface area contributed by atoms with E-state index in [2.05, 4.69) is 5.32 Å². The molecular formula is C24H15ClF3N3O4. The van der Waals surface area contributed by atoms with Crippen LogP contribution in [0.1, 0.15) is 16.7 Å². The van der Waals surface area contributed by atoms with Crippen molar-refractivity contribution >= 4 is 29.3 Å². The quantitative estimate of drug-likeness (QED) is 0.177. The van der Waals surface area contributed by atoms with Gasteiger partial charge in [0.15, 0.2) is 0 Å². The van der Waals surface area contributed by atoms with Crippen molar-refractivity contribution in [1.29, 1.82) is 5.26 Å². The summed E-state index contributed by atoms with van der Waals surface area (Å²) < 4.78 is 44.0. The molecule has 178 valence electrons. The van der Waals surface area contributed by atoms with Crippen molar-refractivity contribution in [2.45, 2.75) is 12.7 Å². The van der Waals surface area contributed by atoms with Crippen molar-refractivity contribution in [3.63, 3.8) is 0 Å². The minimum atomic E-state index is -4.76. The van der Waals surface area contributed by atoms with Gasteiger partial charge >= 0.3 is 11.9 Å². The number of hydrogen-bond donors (Lipinski definition) is 1. The van der Waals surface area contributed by atoms with Crippen LogP contribution in [0.2, 0.25) is 5.02 Å². The molecule has 0 heterocycles. The number of benzene rings is 3. The summed E-state index contributed by atoms with van der Waals surface area (Å²) in [5.41, 5.74) is -1.07. The Morgan fingerprint density at radius 2 is 1.80 bits per heavy atom. The second kappa shape index (κ2) is 10.7. The molecule has 0 atom stereocenters. The van der Waals surface area contributed by atoms with Gasteiger partial charge in [-0.2, -0.15) is 18.4 Å². The molecular weight excluding hydrogens is 487 g/mol. The highest BCUT2D eigenvalue weighted by molar-refractivity contribution is 6.32. The Bertz CT molecular complexity index is 1340. The molecule has 0 unspecified atom stereocenters. The molecule has 0 bridgehead atoms. The standard InChI is InChI=1S/C24H15ClF3N3O4/c25-19-11-16(10-17(13-29)23(32)30-14-15-4-2-1-3-5-15)6-8-21(19)35-22-9-7-18(24(26,27)28)12-20(22)31(33)34/h1-12H,14H2,(H,30,32)/b17-10-. The Kier molecular flexibility index (Phi) is 7.73. The number of rotatable bonds is 7. The van der Waals surface area contributed by atoms with Gasteiger partial charge in [-0.3, -0.25) is 14.9 Å². The van der Waals surface area contributed by atoms with Crippen LogP contribution in [0.5, 0.6) is 11.5 Å². The maximum atomic E-state index is 12.9. The number of nitrogens with one attached hydrogen (secondary N) is 1. The normalized spacial score (nSPS) is 11.5. The van der Waals surface area contributed by atoms with Crippen LogP contribution in [0.3, 0.4) is 0 Å². The number of alkyl halides is 3. The highest BCUT2D eigenvalue weighted by Gasteiger charge is 2.33. The molecule has 11 heteroatoms. The van der Waals surface area contributed by atoms with E-state index in [4.69, 9.17) is 16.3 Å². The van der Waals surface area contributed by atoms with Gasteiger partial charge in [0.25, 0.3) is 5.91 Å². The fraction of sp³-hybridized carbons (Fsp3) is 0.0833. The number of nitro benzene ring substituents is 1. The van der Waals surface area contributed by atoms with Crippen molar-refractivity contribution in [1.82, 2.24) is 5.32 Å². The van der Waals surface area contributed by atoms with Crippen molar-refractivity contribution in [2.24, 2.45) is 0 Å². The molecule has 0 saturated carbocycles. The summed E-state index contributed by atoms with van der Waals surface area (Å²) in [4.78, 5) is 22.6. The Morgan fingerprint density at radius 3 is 2.40 bits per heavy atom. The van der Waals surface area contributed by atoms with Gasteiger partial charge in [0.1, 0.15) is 17.4 Å². The third-order valence-corrected chi connectivity index (χ3v) is 4.93. The summed E-state index contributed by atoms with van der Waals surface area (Å²) in [6, 6.07) is 16.8. The second-order valence-corrected chi connectivity index (χ2v) is 7.47. The molecule has 0 fully saturated rings. The summed E-state index contributed by atoms with van der Waals surface area (Å²) in [7, 11) is 0. The van der Waals surface area contributed by atoms with Crippen LogP contribution in [0, 0.1) is 21.4 Å². The van der Waals surface area contributed by atoms with Crippen molar-refractivity contribution in [3.8, 4) is 17.6 Å². The summed E-state index contributed by atoms with van der Waals surface area (Å²) >= 11 is 6.17. The molecule has 3 aromatic rings. The highest BCUT2D eigenvalue weighted by atomic mass is 35.5. The fourth-order valence-corrected chi connectivity index (χ4v) is 3.15. The minimum absolute atomic E-state index is 0.0464. The summed E-state index contributed by atoms with van der Waals surface area (Å²) in [5.74, 6) is -1.11. The lowest BCUT2D eigenvalue weighted by atomic mass is 10.1. The maximum absolute atomic E-state index is 12.9. The van der Waals surface area contributed by atoms with Gasteiger partial charge in [0, 0.05) is 12.6 Å². The van der Waals surface area contributed by atoms with Gasteiger partial charge in [0.05, 0.1) is 15.5 Å². The van der Waals surface area contributed by atoms with E-state index in [0.29, 0.717) is 17.7 Å². The molecule has 0 aliphatic heterocycles. The minimum Gasteiger partial charge on any atom is -0.449 e. The number of amides is 1. The number of ether oxygens (including phenoxy) is 1. The van der Waals surface area contributed by atoms with Crippen LogP contribution in [0.4, 0.5) is 18.9 Å². The lowest BCUT2D eigenvalue weighted by molar-refractivity contribution is -0.385. The first kappa shape index (κ1) is 25.3. The first-order valence-corrected chi connectivity index (χ1v) is 10.2. The molecule has 0 saturated heterocycles. The molecule has 0 radical (unpaired) electrons. The molecule has 1 N–H and O–H groups in total. The van der Waals surface area contributed by atoms with Crippen LogP contribution in [-0.4, -0.2) is 10.8 Å². The van der Waals surface area contributed by atoms with Crippen LogP contribution < -0.4 is 10.1 Å². The lowest BCUT2D eigenvalue weighted by Crippen LogP contribution is -2.23. The van der Waals surface area contributed by atoms with E-state index in [0.717, 1.165) is 11.6 Å². The Balaban J connectivity index is 1.79. The fourth-order valence-electron chi connectivity index (χ4n) is 2.92. The van der Waals surface area contributed by atoms with Gasteiger partial charge in [-0.05, 0) is 41.5 Å². The third-order valence-electron chi connectivity index (χ3n) is 4.63. The van der Waals surface area contributed by atoms with Gasteiger partial charge in [-0.1, -0.05) is 48.0 Å². The number of carbonyl (C=O) groups excluding carboxylic acids is 1. The Morgan fingerprint density at radius 1 is 1.11 bits per heavy atom. The molecule has 3 aromatic carbocycles. The maximum Gasteiger partial charge on any atom is 0.416 e. The Labute approximate surface area is 202 Å². The number of nitro groups is 1. The van der Waals surface area contributed by atoms with E-state index < -0.39 is 34.0 Å². The van der Waals surface area contributed by atoms with E-state index >= 15 is 0 Å². The average molecular weight is 502 g/mol. The van der Waals surface area contributed by atoms with E-state index in [-0.39, 0.29) is 22.9 Å². The molecule has 3 rings (SSSR count). The van der Waals surface area contributed by atoms with Crippen LogP contribution in [0.15, 0.2) is 72.3 Å². The topological polar surface area (TPSA) is 105 Å². The summed E-state index contributed by atoms with van der Waals surface area (Å²) in [6.07, 6.45) is -3.47. The predicted molar refractivity (Wildman–Crippen MR) is 122 cm³/mol. The monoisotopic (exact) mass is 501 g/mol.